The Morgan fingerprint density at radius 3 is 2.59 bits per heavy atom. The molecule has 176 valence electrons. The first-order valence-electron chi connectivity index (χ1n) is 11.1. The fourth-order valence-electron chi connectivity index (χ4n) is 3.91. The molecular formula is C25H36IN3O3. The number of methoxy groups -OCH3 is 1. The highest BCUT2D eigenvalue weighted by atomic mass is 127. The predicted octanol–water partition coefficient (Wildman–Crippen LogP) is 4.85. The van der Waals surface area contributed by atoms with E-state index in [1.807, 2.05) is 25.1 Å². The average molecular weight is 553 g/mol. The molecule has 2 N–H and O–H groups in total. The number of ether oxygens (including phenoxy) is 3. The highest BCUT2D eigenvalue weighted by Crippen LogP contribution is 2.33. The zero-order valence-corrected chi connectivity index (χ0v) is 21.8. The van der Waals surface area contributed by atoms with E-state index in [9.17, 15) is 0 Å². The van der Waals surface area contributed by atoms with Crippen LogP contribution in [0.4, 0.5) is 0 Å². The Bertz CT molecular complexity index is 858. The summed E-state index contributed by atoms with van der Waals surface area (Å²) in [6.07, 6.45) is 2.35. The van der Waals surface area contributed by atoms with E-state index in [-0.39, 0.29) is 30.1 Å². The van der Waals surface area contributed by atoms with Crippen molar-refractivity contribution in [3.05, 3.63) is 59.2 Å². The molecular weight excluding hydrogens is 517 g/mol. The molecule has 1 aliphatic heterocycles. The first kappa shape index (κ1) is 26.3. The van der Waals surface area contributed by atoms with Crippen LogP contribution in [-0.4, -0.2) is 39.9 Å². The summed E-state index contributed by atoms with van der Waals surface area (Å²) < 4.78 is 17.2. The number of nitrogens with zero attached hydrogens (tertiary/aromatic N) is 1. The third-order valence-electron chi connectivity index (χ3n) is 5.59. The first-order chi connectivity index (χ1) is 15.1. The molecule has 6 nitrogen and oxygen atoms in total. The monoisotopic (exact) mass is 553 g/mol. The minimum atomic E-state index is 0. The molecule has 2 aromatic carbocycles. The van der Waals surface area contributed by atoms with Gasteiger partial charge in [-0.15, -0.1) is 24.0 Å². The molecule has 1 fully saturated rings. The summed E-state index contributed by atoms with van der Waals surface area (Å²) in [5.41, 5.74) is 3.62. The van der Waals surface area contributed by atoms with Gasteiger partial charge in [0.05, 0.1) is 19.8 Å². The van der Waals surface area contributed by atoms with E-state index in [0.29, 0.717) is 19.1 Å². The van der Waals surface area contributed by atoms with Gasteiger partial charge in [0.2, 0.25) is 0 Å². The number of guanidine groups is 1. The summed E-state index contributed by atoms with van der Waals surface area (Å²) in [4.78, 5) is 4.38. The van der Waals surface area contributed by atoms with Crippen LogP contribution in [-0.2, 0) is 11.3 Å². The second-order valence-corrected chi connectivity index (χ2v) is 7.83. The third-order valence-corrected chi connectivity index (χ3v) is 5.59. The van der Waals surface area contributed by atoms with Crippen LogP contribution in [0.15, 0.2) is 47.5 Å². The summed E-state index contributed by atoms with van der Waals surface area (Å²) in [5, 5.41) is 6.88. The normalized spacial score (nSPS) is 18.4. The molecule has 7 heteroatoms. The van der Waals surface area contributed by atoms with Gasteiger partial charge in [-0.05, 0) is 49.9 Å². The van der Waals surface area contributed by atoms with Gasteiger partial charge in [-0.2, -0.15) is 0 Å². The summed E-state index contributed by atoms with van der Waals surface area (Å²) in [6, 6.07) is 14.7. The van der Waals surface area contributed by atoms with Crippen molar-refractivity contribution in [2.45, 2.75) is 39.3 Å². The summed E-state index contributed by atoms with van der Waals surface area (Å²) >= 11 is 0. The van der Waals surface area contributed by atoms with Crippen molar-refractivity contribution in [2.75, 3.05) is 33.9 Å². The summed E-state index contributed by atoms with van der Waals surface area (Å²) in [7, 11) is 3.45. The molecule has 2 atom stereocenters. The third kappa shape index (κ3) is 7.27. The molecule has 3 rings (SSSR count). The van der Waals surface area contributed by atoms with E-state index in [4.69, 9.17) is 14.2 Å². The fourth-order valence-corrected chi connectivity index (χ4v) is 3.91. The van der Waals surface area contributed by atoms with Crippen LogP contribution in [0.3, 0.4) is 0 Å². The van der Waals surface area contributed by atoms with Crippen LogP contribution in [0, 0.1) is 12.8 Å². The maximum atomic E-state index is 6.14. The van der Waals surface area contributed by atoms with E-state index in [2.05, 4.69) is 46.8 Å². The molecule has 0 amide bonds. The van der Waals surface area contributed by atoms with Gasteiger partial charge < -0.3 is 24.8 Å². The van der Waals surface area contributed by atoms with E-state index in [1.165, 1.54) is 11.1 Å². The molecule has 0 aromatic heterocycles. The van der Waals surface area contributed by atoms with Crippen LogP contribution >= 0.6 is 24.0 Å². The van der Waals surface area contributed by atoms with Crippen molar-refractivity contribution in [3.63, 3.8) is 0 Å². The van der Waals surface area contributed by atoms with Gasteiger partial charge in [0.15, 0.2) is 17.5 Å². The second-order valence-electron chi connectivity index (χ2n) is 7.83. The smallest absolute Gasteiger partial charge is 0.191 e. The molecule has 1 aliphatic rings. The lowest BCUT2D eigenvalue weighted by atomic mass is 9.89. The minimum absolute atomic E-state index is 0. The maximum absolute atomic E-state index is 6.14. The number of aliphatic imine (C=N–C) groups is 1. The Morgan fingerprint density at radius 1 is 1.12 bits per heavy atom. The lowest BCUT2D eigenvalue weighted by Gasteiger charge is -2.32. The van der Waals surface area contributed by atoms with E-state index < -0.39 is 0 Å². The zero-order valence-electron chi connectivity index (χ0n) is 19.5. The van der Waals surface area contributed by atoms with Crippen molar-refractivity contribution in [1.29, 1.82) is 0 Å². The quantitative estimate of drug-likeness (QED) is 0.278. The van der Waals surface area contributed by atoms with Gasteiger partial charge >= 0.3 is 0 Å². The van der Waals surface area contributed by atoms with Crippen molar-refractivity contribution in [2.24, 2.45) is 10.9 Å². The predicted molar refractivity (Wildman–Crippen MR) is 140 cm³/mol. The number of halogens is 1. The molecule has 0 spiro atoms. The van der Waals surface area contributed by atoms with Gasteiger partial charge in [0.25, 0.3) is 0 Å². The Hall–Kier alpha value is -2.00. The van der Waals surface area contributed by atoms with Crippen LogP contribution < -0.4 is 20.1 Å². The lowest BCUT2D eigenvalue weighted by Crippen LogP contribution is -2.41. The molecule has 0 saturated carbocycles. The number of benzene rings is 2. The molecule has 2 unspecified atom stereocenters. The number of hydrogen-bond acceptors (Lipinski definition) is 4. The topological polar surface area (TPSA) is 64.1 Å². The summed E-state index contributed by atoms with van der Waals surface area (Å²) in [6.45, 7) is 6.96. The van der Waals surface area contributed by atoms with E-state index >= 15 is 0 Å². The number of aryl methyl sites for hydroxylation is 1. The zero-order chi connectivity index (χ0) is 22.1. The SMILES string of the molecule is CCOc1ccc(CNC(=NC)NCC2CCCOC2c2ccc(C)cc2)cc1OC.I. The van der Waals surface area contributed by atoms with Gasteiger partial charge in [-0.25, -0.2) is 0 Å². The number of nitrogens with one attached hydrogen (secondary N) is 2. The van der Waals surface area contributed by atoms with Crippen molar-refractivity contribution >= 4 is 29.9 Å². The summed E-state index contributed by atoms with van der Waals surface area (Å²) in [5.74, 6) is 2.68. The second kappa shape index (κ2) is 13.5. The Balaban J connectivity index is 0.00000363. The molecule has 32 heavy (non-hydrogen) atoms. The van der Waals surface area contributed by atoms with Gasteiger partial charge in [0, 0.05) is 32.7 Å². The van der Waals surface area contributed by atoms with Crippen LogP contribution in [0.2, 0.25) is 0 Å². The molecule has 2 aromatic rings. The van der Waals surface area contributed by atoms with Crippen molar-refractivity contribution in [3.8, 4) is 11.5 Å². The molecule has 1 heterocycles. The van der Waals surface area contributed by atoms with Crippen LogP contribution in [0.25, 0.3) is 0 Å². The largest absolute Gasteiger partial charge is 0.493 e. The fraction of sp³-hybridized carbons (Fsp3) is 0.480. The number of rotatable bonds is 8. The maximum Gasteiger partial charge on any atom is 0.191 e. The Morgan fingerprint density at radius 2 is 1.91 bits per heavy atom. The Kier molecular flexibility index (Phi) is 11.1. The van der Waals surface area contributed by atoms with Gasteiger partial charge in [0.1, 0.15) is 0 Å². The highest BCUT2D eigenvalue weighted by Gasteiger charge is 2.27. The van der Waals surface area contributed by atoms with E-state index in [1.54, 1.807) is 14.2 Å². The van der Waals surface area contributed by atoms with Gasteiger partial charge in [-0.3, -0.25) is 4.99 Å². The van der Waals surface area contributed by atoms with Crippen molar-refractivity contribution < 1.29 is 14.2 Å². The Labute approximate surface area is 209 Å². The standard InChI is InChI=1S/C25H35N3O3.HI/c1-5-30-22-13-10-19(15-23(22)29-4)16-27-25(26-3)28-17-21-7-6-14-31-24(21)20-11-8-18(2)9-12-20;/h8-13,15,21,24H,5-7,14,16-17H2,1-4H3,(H2,26,27,28);1H. The van der Waals surface area contributed by atoms with Crippen LogP contribution in [0.5, 0.6) is 11.5 Å². The van der Waals surface area contributed by atoms with E-state index in [0.717, 1.165) is 49.0 Å². The first-order valence-corrected chi connectivity index (χ1v) is 11.1. The minimum Gasteiger partial charge on any atom is -0.493 e. The molecule has 1 saturated heterocycles. The number of hydrogen-bond donors (Lipinski definition) is 2. The van der Waals surface area contributed by atoms with Gasteiger partial charge in [-0.1, -0.05) is 35.9 Å². The van der Waals surface area contributed by atoms with Crippen molar-refractivity contribution in [1.82, 2.24) is 10.6 Å². The molecule has 0 radical (unpaired) electrons. The van der Waals surface area contributed by atoms with Crippen LogP contribution in [0.1, 0.15) is 42.6 Å². The average Bonchev–Trinajstić information content (AvgIpc) is 2.81. The molecule has 0 bridgehead atoms. The highest BCUT2D eigenvalue weighted by molar-refractivity contribution is 14.0. The molecule has 0 aliphatic carbocycles. The lowest BCUT2D eigenvalue weighted by molar-refractivity contribution is -0.0265.